The Balaban J connectivity index is 1.16. The van der Waals surface area contributed by atoms with Crippen LogP contribution in [-0.2, 0) is 4.79 Å². The molecule has 9 heteroatoms. The van der Waals surface area contributed by atoms with Gasteiger partial charge in [0.2, 0.25) is 11.9 Å². The van der Waals surface area contributed by atoms with Crippen LogP contribution in [0.2, 0.25) is 5.02 Å². The zero-order valence-corrected chi connectivity index (χ0v) is 18.3. The zero-order chi connectivity index (χ0) is 21.9. The van der Waals surface area contributed by atoms with Gasteiger partial charge in [-0.1, -0.05) is 17.7 Å². The highest BCUT2D eigenvalue weighted by molar-refractivity contribution is 6.30. The largest absolute Gasteiger partial charge is 0.486 e. The third-order valence-electron chi connectivity index (χ3n) is 5.56. The van der Waals surface area contributed by atoms with Crippen molar-refractivity contribution in [3.05, 3.63) is 59.9 Å². The highest BCUT2D eigenvalue weighted by Crippen LogP contribution is 2.32. The third kappa shape index (κ3) is 4.51. The Kier molecular flexibility index (Phi) is 5.87. The minimum Gasteiger partial charge on any atom is -0.486 e. The van der Waals surface area contributed by atoms with E-state index in [0.29, 0.717) is 42.0 Å². The molecule has 32 heavy (non-hydrogen) atoms. The number of hydrogen-bond acceptors (Lipinski definition) is 6. The molecule has 0 bridgehead atoms. The van der Waals surface area contributed by atoms with Crippen molar-refractivity contribution in [3.8, 4) is 17.2 Å². The summed E-state index contributed by atoms with van der Waals surface area (Å²) in [6.45, 7) is 4.52. The Bertz CT molecular complexity index is 1110. The van der Waals surface area contributed by atoms with Crippen LogP contribution in [-0.4, -0.2) is 66.3 Å². The molecule has 0 spiro atoms. The van der Waals surface area contributed by atoms with E-state index in [4.69, 9.17) is 21.1 Å². The number of rotatable bonds is 5. The number of nitrogens with zero attached hydrogens (tertiary/aromatic N) is 4. The van der Waals surface area contributed by atoms with Crippen molar-refractivity contribution in [1.29, 1.82) is 0 Å². The smallest absolute Gasteiger partial charge is 0.238 e. The van der Waals surface area contributed by atoms with E-state index in [9.17, 15) is 4.79 Å². The van der Waals surface area contributed by atoms with E-state index in [1.807, 2.05) is 47.2 Å². The average Bonchev–Trinajstić information content (AvgIpc) is 3.29. The van der Waals surface area contributed by atoms with Gasteiger partial charge in [0.1, 0.15) is 13.2 Å². The highest BCUT2D eigenvalue weighted by atomic mass is 35.5. The van der Waals surface area contributed by atoms with Crippen molar-refractivity contribution in [1.82, 2.24) is 14.5 Å². The van der Waals surface area contributed by atoms with Gasteiger partial charge in [0.25, 0.3) is 0 Å². The van der Waals surface area contributed by atoms with E-state index in [1.165, 1.54) is 0 Å². The van der Waals surface area contributed by atoms with E-state index < -0.39 is 0 Å². The Labute approximate surface area is 191 Å². The average molecular weight is 454 g/mol. The maximum Gasteiger partial charge on any atom is 0.238 e. The number of amides is 1. The summed E-state index contributed by atoms with van der Waals surface area (Å²) in [4.78, 5) is 21.5. The summed E-state index contributed by atoms with van der Waals surface area (Å²) in [5, 5.41) is 3.65. The van der Waals surface area contributed by atoms with Crippen LogP contribution in [0.25, 0.3) is 5.69 Å². The van der Waals surface area contributed by atoms with Gasteiger partial charge >= 0.3 is 0 Å². The van der Waals surface area contributed by atoms with Crippen LogP contribution >= 0.6 is 11.6 Å². The minimum absolute atomic E-state index is 0.0458. The van der Waals surface area contributed by atoms with Crippen molar-refractivity contribution < 1.29 is 14.3 Å². The van der Waals surface area contributed by atoms with Crippen molar-refractivity contribution in [2.75, 3.05) is 56.2 Å². The number of imidazole rings is 1. The first-order valence-corrected chi connectivity index (χ1v) is 11.0. The minimum atomic E-state index is -0.0458. The third-order valence-corrected chi connectivity index (χ3v) is 5.79. The molecular weight excluding hydrogens is 430 g/mol. The SMILES string of the molecule is O=C(CN1CCN(c2nccn2-c2cccc(Cl)c2)CC1)Nc1ccc2c(c1)OCCO2. The summed E-state index contributed by atoms with van der Waals surface area (Å²) in [5.41, 5.74) is 1.69. The number of aromatic nitrogens is 2. The van der Waals surface area contributed by atoms with E-state index in [1.54, 1.807) is 12.3 Å². The lowest BCUT2D eigenvalue weighted by atomic mass is 10.2. The van der Waals surface area contributed by atoms with Crippen LogP contribution in [0.15, 0.2) is 54.9 Å². The van der Waals surface area contributed by atoms with Gasteiger partial charge in [-0.15, -0.1) is 0 Å². The molecule has 0 radical (unpaired) electrons. The Morgan fingerprint density at radius 3 is 2.66 bits per heavy atom. The fraction of sp³-hybridized carbons (Fsp3) is 0.304. The monoisotopic (exact) mass is 453 g/mol. The molecule has 1 amide bonds. The molecule has 2 aliphatic rings. The molecule has 0 atom stereocenters. The lowest BCUT2D eigenvalue weighted by molar-refractivity contribution is -0.117. The first-order valence-electron chi connectivity index (χ1n) is 10.6. The number of fused-ring (bicyclic) bond motifs is 1. The fourth-order valence-electron chi connectivity index (χ4n) is 3.99. The number of carbonyl (C=O) groups excluding carboxylic acids is 1. The van der Waals surface area contributed by atoms with Crippen molar-refractivity contribution in [2.45, 2.75) is 0 Å². The van der Waals surface area contributed by atoms with Crippen LogP contribution in [0.3, 0.4) is 0 Å². The van der Waals surface area contributed by atoms with Gasteiger partial charge in [-0.05, 0) is 30.3 Å². The number of halogens is 1. The number of anilines is 2. The van der Waals surface area contributed by atoms with Crippen molar-refractivity contribution in [2.24, 2.45) is 0 Å². The van der Waals surface area contributed by atoms with Crippen molar-refractivity contribution in [3.63, 3.8) is 0 Å². The molecule has 0 aliphatic carbocycles. The lowest BCUT2D eigenvalue weighted by Gasteiger charge is -2.35. The summed E-state index contributed by atoms with van der Waals surface area (Å²) in [7, 11) is 0. The second-order valence-corrected chi connectivity index (χ2v) is 8.18. The molecule has 166 valence electrons. The number of hydrogen-bond donors (Lipinski definition) is 1. The first-order chi connectivity index (χ1) is 15.7. The molecule has 1 N–H and O–H groups in total. The van der Waals surface area contributed by atoms with E-state index in [-0.39, 0.29) is 5.91 Å². The summed E-state index contributed by atoms with van der Waals surface area (Å²) in [6.07, 6.45) is 3.73. The van der Waals surface area contributed by atoms with Crippen LogP contribution in [0.5, 0.6) is 11.5 Å². The maximum absolute atomic E-state index is 12.6. The Morgan fingerprint density at radius 2 is 1.84 bits per heavy atom. The number of carbonyl (C=O) groups is 1. The molecule has 0 saturated carbocycles. The van der Waals surface area contributed by atoms with Gasteiger partial charge in [0.15, 0.2) is 11.5 Å². The van der Waals surface area contributed by atoms with E-state index in [2.05, 4.69) is 20.1 Å². The molecule has 8 nitrogen and oxygen atoms in total. The van der Waals surface area contributed by atoms with Crippen LogP contribution < -0.4 is 19.7 Å². The van der Waals surface area contributed by atoms with Gasteiger partial charge in [-0.25, -0.2) is 4.98 Å². The van der Waals surface area contributed by atoms with Gasteiger partial charge in [0.05, 0.1) is 6.54 Å². The molecule has 2 aliphatic heterocycles. The number of nitrogens with one attached hydrogen (secondary N) is 1. The summed E-state index contributed by atoms with van der Waals surface area (Å²) < 4.78 is 13.1. The second-order valence-electron chi connectivity index (χ2n) is 7.75. The topological polar surface area (TPSA) is 71.9 Å². The number of piperazine rings is 1. The second kappa shape index (κ2) is 9.10. The van der Waals surface area contributed by atoms with Crippen LogP contribution in [0.4, 0.5) is 11.6 Å². The quantitative estimate of drug-likeness (QED) is 0.640. The van der Waals surface area contributed by atoms with Gasteiger partial charge < -0.3 is 19.7 Å². The van der Waals surface area contributed by atoms with Gasteiger partial charge in [-0.2, -0.15) is 0 Å². The lowest BCUT2D eigenvalue weighted by Crippen LogP contribution is -2.49. The zero-order valence-electron chi connectivity index (χ0n) is 17.5. The molecule has 3 aromatic rings. The van der Waals surface area contributed by atoms with Crippen molar-refractivity contribution >= 4 is 29.1 Å². The normalized spacial score (nSPS) is 16.1. The van der Waals surface area contributed by atoms with Crippen LogP contribution in [0.1, 0.15) is 0 Å². The Hall–Kier alpha value is -3.23. The van der Waals surface area contributed by atoms with Gasteiger partial charge in [0, 0.05) is 61.0 Å². The summed E-state index contributed by atoms with van der Waals surface area (Å²) in [5.74, 6) is 2.21. The number of benzene rings is 2. The molecule has 2 aromatic carbocycles. The molecule has 1 aromatic heterocycles. The van der Waals surface area contributed by atoms with E-state index >= 15 is 0 Å². The molecule has 3 heterocycles. The summed E-state index contributed by atoms with van der Waals surface area (Å²) in [6, 6.07) is 13.2. The molecule has 5 rings (SSSR count). The van der Waals surface area contributed by atoms with Gasteiger partial charge in [-0.3, -0.25) is 14.3 Å². The van der Waals surface area contributed by atoms with Crippen LogP contribution in [0, 0.1) is 0 Å². The molecule has 1 fully saturated rings. The molecular formula is C23H24ClN5O3. The summed E-state index contributed by atoms with van der Waals surface area (Å²) >= 11 is 6.16. The highest BCUT2D eigenvalue weighted by Gasteiger charge is 2.22. The predicted molar refractivity (Wildman–Crippen MR) is 123 cm³/mol. The maximum atomic E-state index is 12.6. The first kappa shape index (κ1) is 20.7. The standard InChI is InChI=1S/C23H24ClN5O3/c24-17-2-1-3-19(14-17)29-7-6-25-23(29)28-10-8-27(9-11-28)16-22(30)26-18-4-5-20-21(15-18)32-13-12-31-20/h1-7,14-15H,8-13,16H2,(H,26,30). The number of ether oxygens (including phenoxy) is 2. The molecule has 1 saturated heterocycles. The Morgan fingerprint density at radius 1 is 1.03 bits per heavy atom. The van der Waals surface area contributed by atoms with E-state index in [0.717, 1.165) is 37.8 Å². The molecule has 0 unspecified atom stereocenters. The predicted octanol–water partition coefficient (Wildman–Crippen LogP) is 3.06. The fourth-order valence-corrected chi connectivity index (χ4v) is 4.17.